The first kappa shape index (κ1) is 19.4. The van der Waals surface area contributed by atoms with Crippen LogP contribution in [0.15, 0.2) is 12.3 Å². The second-order valence-corrected chi connectivity index (χ2v) is 5.90. The highest BCUT2D eigenvalue weighted by atomic mass is 16.3. The minimum atomic E-state index is -0.736. The first-order chi connectivity index (χ1) is 10.8. The normalized spacial score (nSPS) is 23.3. The molecule has 1 saturated heterocycles. The number of likely N-dealkylation sites (tertiary alicyclic amines) is 1. The van der Waals surface area contributed by atoms with Gasteiger partial charge in [-0.2, -0.15) is 0 Å². The van der Waals surface area contributed by atoms with E-state index < -0.39 is 24.3 Å². The van der Waals surface area contributed by atoms with Gasteiger partial charge in [0, 0.05) is 38.6 Å². The van der Waals surface area contributed by atoms with E-state index >= 15 is 0 Å². The fourth-order valence-corrected chi connectivity index (χ4v) is 2.69. The molecule has 0 bridgehead atoms. The van der Waals surface area contributed by atoms with Gasteiger partial charge in [0.2, 0.25) is 11.8 Å². The van der Waals surface area contributed by atoms with Crippen molar-refractivity contribution in [2.45, 2.75) is 51.0 Å². The van der Waals surface area contributed by atoms with Crippen LogP contribution in [0.1, 0.15) is 26.7 Å². The topological polar surface area (TPSA) is 122 Å². The molecule has 8 heteroatoms. The van der Waals surface area contributed by atoms with Gasteiger partial charge in [-0.3, -0.25) is 9.59 Å². The van der Waals surface area contributed by atoms with E-state index in [1.54, 1.807) is 6.92 Å². The minimum absolute atomic E-state index is 0.116. The summed E-state index contributed by atoms with van der Waals surface area (Å²) in [5.74, 6) is -0.541. The predicted octanol–water partition coefficient (Wildman–Crippen LogP) is -1.68. The Kier molecular flexibility index (Phi) is 7.47. The number of amides is 2. The Balaban J connectivity index is 2.75. The number of nitrogens with one attached hydrogen (secondary N) is 2. The van der Waals surface area contributed by atoms with E-state index in [9.17, 15) is 19.8 Å². The molecule has 0 aromatic heterocycles. The molecule has 1 heterocycles. The first-order valence-electron chi connectivity index (χ1n) is 7.73. The molecule has 1 fully saturated rings. The molecule has 1 aliphatic rings. The van der Waals surface area contributed by atoms with Gasteiger partial charge in [0.15, 0.2) is 0 Å². The van der Waals surface area contributed by atoms with Crippen molar-refractivity contribution < 1.29 is 24.9 Å². The van der Waals surface area contributed by atoms with Crippen molar-refractivity contribution in [3.05, 3.63) is 12.3 Å². The van der Waals surface area contributed by atoms with Crippen LogP contribution in [0.5, 0.6) is 0 Å². The molecule has 2 unspecified atom stereocenters. The maximum absolute atomic E-state index is 12.1. The zero-order valence-electron chi connectivity index (χ0n) is 13.7. The van der Waals surface area contributed by atoms with Crippen LogP contribution in [0.2, 0.25) is 0 Å². The van der Waals surface area contributed by atoms with Crippen molar-refractivity contribution in [2.24, 2.45) is 0 Å². The molecule has 23 heavy (non-hydrogen) atoms. The molecule has 0 aliphatic carbocycles. The molecule has 0 radical (unpaired) electrons. The number of hydrogen-bond acceptors (Lipinski definition) is 6. The highest BCUT2D eigenvalue weighted by molar-refractivity contribution is 5.82. The Morgan fingerprint density at radius 3 is 2.61 bits per heavy atom. The third kappa shape index (κ3) is 5.81. The third-order valence-electron chi connectivity index (χ3n) is 3.75. The molecular formula is C15H27N3O5. The maximum atomic E-state index is 12.1. The highest BCUT2D eigenvalue weighted by Gasteiger charge is 2.35. The largest absolute Gasteiger partial charge is 0.395 e. The molecule has 1 rings (SSSR count). The maximum Gasteiger partial charge on any atom is 0.242 e. The van der Waals surface area contributed by atoms with Gasteiger partial charge in [0.25, 0.3) is 0 Å². The third-order valence-corrected chi connectivity index (χ3v) is 3.75. The number of carbonyl (C=O) groups excluding carboxylic acids is 2. The van der Waals surface area contributed by atoms with Crippen LogP contribution in [0.25, 0.3) is 0 Å². The Morgan fingerprint density at radius 2 is 2.09 bits per heavy atom. The van der Waals surface area contributed by atoms with E-state index in [0.29, 0.717) is 12.1 Å². The average molecular weight is 329 g/mol. The van der Waals surface area contributed by atoms with Crippen LogP contribution < -0.4 is 10.6 Å². The number of rotatable bonds is 8. The summed E-state index contributed by atoms with van der Waals surface area (Å²) in [6.45, 7) is 7.04. The van der Waals surface area contributed by atoms with Gasteiger partial charge in [-0.1, -0.05) is 6.58 Å². The molecular weight excluding hydrogens is 302 g/mol. The first-order valence-corrected chi connectivity index (χ1v) is 7.73. The summed E-state index contributed by atoms with van der Waals surface area (Å²) >= 11 is 0. The van der Waals surface area contributed by atoms with Crippen LogP contribution in [0.3, 0.4) is 0 Å². The lowest BCUT2D eigenvalue weighted by Gasteiger charge is -2.29. The van der Waals surface area contributed by atoms with Crippen molar-refractivity contribution in [2.75, 3.05) is 19.7 Å². The van der Waals surface area contributed by atoms with Crippen LogP contribution in [0, 0.1) is 0 Å². The van der Waals surface area contributed by atoms with E-state index in [1.807, 2.05) is 0 Å². The molecule has 0 spiro atoms. The van der Waals surface area contributed by atoms with Crippen LogP contribution in [-0.4, -0.2) is 76.0 Å². The van der Waals surface area contributed by atoms with Crippen molar-refractivity contribution in [1.82, 2.24) is 15.5 Å². The quantitative estimate of drug-likeness (QED) is 0.363. The summed E-state index contributed by atoms with van der Waals surface area (Å²) in [6, 6.07) is -1.13. The molecule has 0 aromatic rings. The summed E-state index contributed by atoms with van der Waals surface area (Å²) in [4.78, 5) is 25.2. The second kappa shape index (κ2) is 8.85. The number of nitrogens with zero attached hydrogens (tertiary/aromatic N) is 1. The molecule has 0 saturated carbocycles. The van der Waals surface area contributed by atoms with Gasteiger partial charge in [0.05, 0.1) is 24.9 Å². The van der Waals surface area contributed by atoms with Gasteiger partial charge in [-0.25, -0.2) is 0 Å². The molecule has 2 amide bonds. The van der Waals surface area contributed by atoms with Crippen molar-refractivity contribution in [1.29, 1.82) is 0 Å². The van der Waals surface area contributed by atoms with Gasteiger partial charge in [-0.05, 0) is 6.92 Å². The predicted molar refractivity (Wildman–Crippen MR) is 84.3 cm³/mol. The summed E-state index contributed by atoms with van der Waals surface area (Å²) in [5, 5.41) is 33.6. The Labute approximate surface area is 136 Å². The number of β-amino-alcohol motifs (C(OH)–C–C–N with tert-alkyl or cyclic N) is 1. The van der Waals surface area contributed by atoms with E-state index in [4.69, 9.17) is 5.11 Å². The fraction of sp³-hybridized carbons (Fsp3) is 0.733. The zero-order chi connectivity index (χ0) is 17.6. The van der Waals surface area contributed by atoms with Crippen LogP contribution in [-0.2, 0) is 9.59 Å². The Bertz CT molecular complexity index is 441. The smallest absolute Gasteiger partial charge is 0.242 e. The molecule has 0 aromatic carbocycles. The van der Waals surface area contributed by atoms with E-state index in [1.165, 1.54) is 11.8 Å². The summed E-state index contributed by atoms with van der Waals surface area (Å²) in [5.41, 5.74) is 0.446. The molecule has 1 aliphatic heterocycles. The van der Waals surface area contributed by atoms with Gasteiger partial charge < -0.3 is 30.9 Å². The van der Waals surface area contributed by atoms with E-state index in [2.05, 4.69) is 17.2 Å². The SMILES string of the molecule is C=C(NC(C[C@H](C)O)C(=O)NCCO)C1C[C@@H](O)CN1C(C)=O. The van der Waals surface area contributed by atoms with Crippen LogP contribution in [0.4, 0.5) is 0 Å². The van der Waals surface area contributed by atoms with Crippen molar-refractivity contribution in [3.63, 3.8) is 0 Å². The van der Waals surface area contributed by atoms with Crippen LogP contribution >= 0.6 is 0 Å². The lowest BCUT2D eigenvalue weighted by molar-refractivity contribution is -0.129. The lowest BCUT2D eigenvalue weighted by atomic mass is 10.1. The van der Waals surface area contributed by atoms with Gasteiger partial charge in [-0.15, -0.1) is 0 Å². The summed E-state index contributed by atoms with van der Waals surface area (Å²) < 4.78 is 0. The van der Waals surface area contributed by atoms with Gasteiger partial charge >= 0.3 is 0 Å². The highest BCUT2D eigenvalue weighted by Crippen LogP contribution is 2.22. The summed E-state index contributed by atoms with van der Waals surface area (Å²) in [6.07, 6.45) is -0.824. The number of hydrogen-bond donors (Lipinski definition) is 5. The minimum Gasteiger partial charge on any atom is -0.395 e. The standard InChI is InChI=1S/C15H27N3O5/c1-9(20)6-13(15(23)16-4-5-19)17-10(2)14-7-12(22)8-18(14)11(3)21/h9,12-14,17,19-20,22H,2,4-8H2,1,3H3,(H,16,23)/t9-,12+,13?,14?/m0/s1. The molecule has 8 nitrogen and oxygen atoms in total. The van der Waals surface area contributed by atoms with E-state index in [-0.39, 0.29) is 37.9 Å². The zero-order valence-corrected chi connectivity index (χ0v) is 13.7. The average Bonchev–Trinajstić information content (AvgIpc) is 2.85. The molecule has 4 atom stereocenters. The second-order valence-electron chi connectivity index (χ2n) is 5.90. The molecule has 5 N–H and O–H groups in total. The summed E-state index contributed by atoms with van der Waals surface area (Å²) in [7, 11) is 0. The number of carbonyl (C=O) groups is 2. The fourth-order valence-electron chi connectivity index (χ4n) is 2.69. The Hall–Kier alpha value is -1.64. The number of aliphatic hydroxyl groups excluding tert-OH is 3. The Morgan fingerprint density at radius 1 is 1.43 bits per heavy atom. The van der Waals surface area contributed by atoms with E-state index in [0.717, 1.165) is 0 Å². The van der Waals surface area contributed by atoms with Gasteiger partial charge in [0.1, 0.15) is 6.04 Å². The van der Waals surface area contributed by atoms with Crippen molar-refractivity contribution >= 4 is 11.8 Å². The lowest BCUT2D eigenvalue weighted by Crippen LogP contribution is -2.49. The van der Waals surface area contributed by atoms with Crippen molar-refractivity contribution in [3.8, 4) is 0 Å². The molecule has 132 valence electrons. The number of aliphatic hydroxyl groups is 3. The monoisotopic (exact) mass is 329 g/mol.